The molecule has 1 saturated heterocycles. The van der Waals surface area contributed by atoms with E-state index in [2.05, 4.69) is 32.6 Å². The first-order valence-electron chi connectivity index (χ1n) is 5.44. The predicted octanol–water partition coefficient (Wildman–Crippen LogP) is 2.01. The summed E-state index contributed by atoms with van der Waals surface area (Å²) in [7, 11) is 0. The third kappa shape index (κ3) is 2.84. The minimum absolute atomic E-state index is 0.0721. The monoisotopic (exact) mass is 293 g/mol. The van der Waals surface area contributed by atoms with Crippen molar-refractivity contribution in [2.45, 2.75) is 18.9 Å². The van der Waals surface area contributed by atoms with E-state index in [9.17, 15) is 4.79 Å². The fraction of sp³-hybridized carbons (Fsp3) is 0.333. The Bertz CT molecular complexity index is 475. The van der Waals surface area contributed by atoms with E-state index in [1.807, 2.05) is 0 Å². The minimum Gasteiger partial charge on any atom is -0.324 e. The van der Waals surface area contributed by atoms with Crippen LogP contribution in [0.1, 0.15) is 18.4 Å². The Kier molecular flexibility index (Phi) is 3.77. The van der Waals surface area contributed by atoms with Crippen molar-refractivity contribution in [3.05, 3.63) is 28.2 Å². The number of rotatable bonds is 2. The molecule has 2 rings (SSSR count). The van der Waals surface area contributed by atoms with E-state index in [4.69, 9.17) is 5.26 Å². The molecule has 1 heterocycles. The van der Waals surface area contributed by atoms with E-state index < -0.39 is 0 Å². The average molecular weight is 294 g/mol. The van der Waals surface area contributed by atoms with Crippen molar-refractivity contribution >= 4 is 27.5 Å². The zero-order valence-electron chi connectivity index (χ0n) is 9.16. The molecular formula is C12H12BrN3O. The van der Waals surface area contributed by atoms with Gasteiger partial charge in [0.1, 0.15) is 6.07 Å². The van der Waals surface area contributed by atoms with Gasteiger partial charge in [-0.05, 0) is 37.6 Å². The molecule has 2 N–H and O–H groups in total. The van der Waals surface area contributed by atoms with Crippen molar-refractivity contribution in [3.8, 4) is 6.07 Å². The molecule has 0 radical (unpaired) electrons. The number of carbonyl (C=O) groups is 1. The molecule has 0 aliphatic carbocycles. The van der Waals surface area contributed by atoms with Gasteiger partial charge >= 0.3 is 0 Å². The molecule has 1 fully saturated rings. The lowest BCUT2D eigenvalue weighted by Gasteiger charge is -2.12. The maximum absolute atomic E-state index is 11.9. The van der Waals surface area contributed by atoms with Crippen molar-refractivity contribution in [2.75, 3.05) is 11.9 Å². The van der Waals surface area contributed by atoms with Crippen molar-refractivity contribution in [1.82, 2.24) is 5.32 Å². The van der Waals surface area contributed by atoms with E-state index in [1.54, 1.807) is 18.2 Å². The molecule has 17 heavy (non-hydrogen) atoms. The molecule has 1 aliphatic rings. The summed E-state index contributed by atoms with van der Waals surface area (Å²) in [6, 6.07) is 7.13. The summed E-state index contributed by atoms with van der Waals surface area (Å²) < 4.78 is 0.839. The molecule has 1 aromatic carbocycles. The van der Waals surface area contributed by atoms with Crippen molar-refractivity contribution < 1.29 is 4.79 Å². The number of nitriles is 1. The summed E-state index contributed by atoms with van der Waals surface area (Å²) in [5.41, 5.74) is 1.03. The third-order valence-corrected chi connectivity index (χ3v) is 3.23. The van der Waals surface area contributed by atoms with Gasteiger partial charge < -0.3 is 10.6 Å². The zero-order valence-corrected chi connectivity index (χ0v) is 10.8. The van der Waals surface area contributed by atoms with Crippen LogP contribution in [0.4, 0.5) is 5.69 Å². The normalized spacial score (nSPS) is 18.7. The number of nitrogens with zero attached hydrogens (tertiary/aromatic N) is 1. The SMILES string of the molecule is N#Cc1ccc(Br)cc1NC(=O)[C@@H]1CCCN1. The summed E-state index contributed by atoms with van der Waals surface area (Å²) in [4.78, 5) is 11.9. The molecule has 0 saturated carbocycles. The van der Waals surface area contributed by atoms with Crippen LogP contribution < -0.4 is 10.6 Å². The Morgan fingerprint density at radius 3 is 3.06 bits per heavy atom. The van der Waals surface area contributed by atoms with E-state index in [0.29, 0.717) is 11.3 Å². The second-order valence-corrected chi connectivity index (χ2v) is 4.86. The molecule has 1 aliphatic heterocycles. The molecule has 5 heteroatoms. The summed E-state index contributed by atoms with van der Waals surface area (Å²) in [5, 5.41) is 14.9. The van der Waals surface area contributed by atoms with Gasteiger partial charge in [0.2, 0.25) is 5.91 Å². The highest BCUT2D eigenvalue weighted by atomic mass is 79.9. The van der Waals surface area contributed by atoms with Gasteiger partial charge in [0.05, 0.1) is 17.3 Å². The number of anilines is 1. The average Bonchev–Trinajstić information content (AvgIpc) is 2.83. The van der Waals surface area contributed by atoms with Gasteiger partial charge in [-0.15, -0.1) is 0 Å². The summed E-state index contributed by atoms with van der Waals surface area (Å²) >= 11 is 3.32. The van der Waals surface area contributed by atoms with Gasteiger partial charge in [-0.3, -0.25) is 4.79 Å². The highest BCUT2D eigenvalue weighted by Crippen LogP contribution is 2.21. The smallest absolute Gasteiger partial charge is 0.241 e. The van der Waals surface area contributed by atoms with Gasteiger partial charge in [-0.1, -0.05) is 15.9 Å². The molecule has 0 spiro atoms. The first-order chi connectivity index (χ1) is 8.20. The first kappa shape index (κ1) is 12.1. The highest BCUT2D eigenvalue weighted by molar-refractivity contribution is 9.10. The molecule has 4 nitrogen and oxygen atoms in total. The van der Waals surface area contributed by atoms with Crippen LogP contribution in [0.5, 0.6) is 0 Å². The lowest BCUT2D eigenvalue weighted by molar-refractivity contribution is -0.117. The Hall–Kier alpha value is -1.38. The Morgan fingerprint density at radius 1 is 1.59 bits per heavy atom. The van der Waals surface area contributed by atoms with Crippen LogP contribution in [0, 0.1) is 11.3 Å². The number of nitrogens with one attached hydrogen (secondary N) is 2. The van der Waals surface area contributed by atoms with E-state index in [1.165, 1.54) is 0 Å². The molecule has 1 atom stereocenters. The van der Waals surface area contributed by atoms with Gasteiger partial charge in [-0.2, -0.15) is 5.26 Å². The van der Waals surface area contributed by atoms with Gasteiger partial charge in [0.15, 0.2) is 0 Å². The second-order valence-electron chi connectivity index (χ2n) is 3.94. The number of hydrogen-bond donors (Lipinski definition) is 2. The Labute approximate surface area is 108 Å². The molecule has 0 bridgehead atoms. The maximum Gasteiger partial charge on any atom is 0.241 e. The van der Waals surface area contributed by atoms with Crippen LogP contribution in [0.3, 0.4) is 0 Å². The summed E-state index contributed by atoms with van der Waals surface area (Å²) in [5.74, 6) is -0.0721. The number of amides is 1. The standard InChI is InChI=1S/C12H12BrN3O/c13-9-4-3-8(7-14)11(6-9)16-12(17)10-2-1-5-15-10/h3-4,6,10,15H,1-2,5H2,(H,16,17)/t10-/m0/s1. The molecule has 0 aromatic heterocycles. The molecule has 1 amide bonds. The lowest BCUT2D eigenvalue weighted by Crippen LogP contribution is -2.35. The largest absolute Gasteiger partial charge is 0.324 e. The van der Waals surface area contributed by atoms with E-state index in [-0.39, 0.29) is 11.9 Å². The van der Waals surface area contributed by atoms with E-state index in [0.717, 1.165) is 23.9 Å². The van der Waals surface area contributed by atoms with Crippen LogP contribution in [0.15, 0.2) is 22.7 Å². The van der Waals surface area contributed by atoms with Crippen molar-refractivity contribution in [3.63, 3.8) is 0 Å². The molecular weight excluding hydrogens is 282 g/mol. The van der Waals surface area contributed by atoms with Gasteiger partial charge in [0, 0.05) is 4.47 Å². The Morgan fingerprint density at radius 2 is 2.41 bits per heavy atom. The number of carbonyl (C=O) groups excluding carboxylic acids is 1. The number of halogens is 1. The quantitative estimate of drug-likeness (QED) is 0.877. The predicted molar refractivity (Wildman–Crippen MR) is 68.5 cm³/mol. The van der Waals surface area contributed by atoms with Crippen LogP contribution in [0.2, 0.25) is 0 Å². The summed E-state index contributed by atoms with van der Waals surface area (Å²) in [6.45, 7) is 0.877. The van der Waals surface area contributed by atoms with Crippen molar-refractivity contribution in [1.29, 1.82) is 5.26 Å². The van der Waals surface area contributed by atoms with Crippen LogP contribution >= 0.6 is 15.9 Å². The Balaban J connectivity index is 2.15. The van der Waals surface area contributed by atoms with Gasteiger partial charge in [-0.25, -0.2) is 0 Å². The fourth-order valence-electron chi connectivity index (χ4n) is 1.85. The number of benzene rings is 1. The van der Waals surface area contributed by atoms with Crippen LogP contribution in [0.25, 0.3) is 0 Å². The molecule has 0 unspecified atom stereocenters. The van der Waals surface area contributed by atoms with Crippen molar-refractivity contribution in [2.24, 2.45) is 0 Å². The third-order valence-electron chi connectivity index (χ3n) is 2.74. The topological polar surface area (TPSA) is 64.9 Å². The van der Waals surface area contributed by atoms with Gasteiger partial charge in [0.25, 0.3) is 0 Å². The number of hydrogen-bond acceptors (Lipinski definition) is 3. The molecule has 1 aromatic rings. The maximum atomic E-state index is 11.9. The van der Waals surface area contributed by atoms with Crippen LogP contribution in [-0.2, 0) is 4.79 Å². The van der Waals surface area contributed by atoms with E-state index >= 15 is 0 Å². The highest BCUT2D eigenvalue weighted by Gasteiger charge is 2.22. The lowest BCUT2D eigenvalue weighted by atomic mass is 10.1. The summed E-state index contributed by atoms with van der Waals surface area (Å²) in [6.07, 6.45) is 1.86. The second kappa shape index (κ2) is 5.30. The molecule has 88 valence electrons. The fourth-order valence-corrected chi connectivity index (χ4v) is 2.21. The first-order valence-corrected chi connectivity index (χ1v) is 6.24. The minimum atomic E-state index is -0.138. The van der Waals surface area contributed by atoms with Crippen LogP contribution in [-0.4, -0.2) is 18.5 Å². The zero-order chi connectivity index (χ0) is 12.3.